The van der Waals surface area contributed by atoms with E-state index in [-0.39, 0.29) is 45.3 Å². The topological polar surface area (TPSA) is 142 Å². The van der Waals surface area contributed by atoms with Gasteiger partial charge in [0.05, 0.1) is 48.7 Å². The van der Waals surface area contributed by atoms with E-state index in [4.69, 9.17) is 37.9 Å². The van der Waals surface area contributed by atoms with E-state index in [9.17, 15) is 19.2 Å². The molecule has 0 saturated heterocycles. The van der Waals surface area contributed by atoms with Gasteiger partial charge < -0.3 is 37.9 Å². The maximum Gasteiger partial charge on any atom is 0.343 e. The molecule has 0 fully saturated rings. The highest BCUT2D eigenvalue weighted by molar-refractivity contribution is 5.96. The van der Waals surface area contributed by atoms with Gasteiger partial charge in [-0.15, -0.1) is 0 Å². The summed E-state index contributed by atoms with van der Waals surface area (Å²) >= 11 is 0. The maximum atomic E-state index is 14.0. The van der Waals surface area contributed by atoms with Crippen LogP contribution in [0.3, 0.4) is 0 Å². The third kappa shape index (κ3) is 26.0. The fourth-order valence-corrected chi connectivity index (χ4v) is 9.22. The van der Waals surface area contributed by atoms with Gasteiger partial charge in [0.1, 0.15) is 23.0 Å². The van der Waals surface area contributed by atoms with Gasteiger partial charge in [0.25, 0.3) is 0 Å². The number of hydrogen-bond donors (Lipinski definition) is 0. The fourth-order valence-electron chi connectivity index (χ4n) is 9.22. The number of unbranched alkanes of at least 4 members (excludes halogenated alkanes) is 24. The molecule has 0 amide bonds. The first-order valence-electron chi connectivity index (χ1n) is 31.2. The van der Waals surface area contributed by atoms with Crippen LogP contribution in [0, 0.1) is 0 Å². The lowest BCUT2D eigenvalue weighted by molar-refractivity contribution is 0.0662. The monoisotopic (exact) mass is 1130 g/mol. The van der Waals surface area contributed by atoms with Crippen LogP contribution in [0.25, 0.3) is 0 Å². The molecule has 0 bridgehead atoms. The second-order valence-corrected chi connectivity index (χ2v) is 21.3. The molecule has 0 radical (unpaired) electrons. The van der Waals surface area contributed by atoms with E-state index in [1.165, 1.54) is 141 Å². The number of ether oxygens (including phenoxy) is 8. The summed E-state index contributed by atoms with van der Waals surface area (Å²) in [5, 5.41) is 0. The molecule has 5 aromatic carbocycles. The van der Waals surface area contributed by atoms with Gasteiger partial charge in [-0.25, -0.2) is 19.2 Å². The minimum absolute atomic E-state index is 0.172. The summed E-state index contributed by atoms with van der Waals surface area (Å²) in [4.78, 5) is 56.0. The minimum atomic E-state index is -0.804. The molecular weight excluding hydrogens is 1030 g/mol. The van der Waals surface area contributed by atoms with Crippen LogP contribution < -0.4 is 37.9 Å². The third-order valence-corrected chi connectivity index (χ3v) is 14.2. The molecule has 0 aliphatic heterocycles. The average Bonchev–Trinajstić information content (AvgIpc) is 3.54. The van der Waals surface area contributed by atoms with Crippen LogP contribution in [0.2, 0.25) is 0 Å². The Hall–Kier alpha value is -6.82. The van der Waals surface area contributed by atoms with Crippen LogP contribution >= 0.6 is 0 Å². The molecule has 82 heavy (non-hydrogen) atoms. The molecule has 0 saturated carbocycles. The van der Waals surface area contributed by atoms with Crippen molar-refractivity contribution in [3.05, 3.63) is 131 Å². The van der Waals surface area contributed by atoms with Gasteiger partial charge in [-0.3, -0.25) is 0 Å². The zero-order chi connectivity index (χ0) is 58.2. The minimum Gasteiger partial charge on any atom is -0.494 e. The summed E-state index contributed by atoms with van der Waals surface area (Å²) in [7, 11) is 0. The molecule has 5 rings (SSSR count). The van der Waals surface area contributed by atoms with Crippen LogP contribution in [0.1, 0.15) is 249 Å². The van der Waals surface area contributed by atoms with E-state index in [1.54, 1.807) is 97.1 Å². The SMILES string of the molecule is CCCCCCCCCOc1ccc(C(=O)Oc2cc(OC(=O)c3ccc(OCCCCCCCCC)cc3)c(OC(=O)c3ccc(OCCCCCCCCC)cc3)cc2OC(=O)c2ccc(OCCCCCCCCC)cc2)cc1. The number of esters is 4. The van der Waals surface area contributed by atoms with E-state index < -0.39 is 23.9 Å². The first kappa shape index (κ1) is 66.0. The van der Waals surface area contributed by atoms with Gasteiger partial charge in [0.2, 0.25) is 0 Å². The largest absolute Gasteiger partial charge is 0.494 e. The van der Waals surface area contributed by atoms with Crippen molar-refractivity contribution in [2.24, 2.45) is 0 Å². The Bertz CT molecular complexity index is 2200. The molecule has 0 unspecified atom stereocenters. The number of benzene rings is 5. The number of rotatable bonds is 44. The van der Waals surface area contributed by atoms with E-state index in [1.807, 2.05) is 0 Å². The Balaban J connectivity index is 1.38. The second-order valence-electron chi connectivity index (χ2n) is 21.3. The molecule has 0 spiro atoms. The normalized spacial score (nSPS) is 11.0. The fraction of sp³-hybridized carbons (Fsp3) is 0.514. The maximum absolute atomic E-state index is 14.0. The highest BCUT2D eigenvalue weighted by Crippen LogP contribution is 2.42. The predicted molar refractivity (Wildman–Crippen MR) is 326 cm³/mol. The zero-order valence-corrected chi connectivity index (χ0v) is 49.9. The standard InChI is InChI=1S/C70H94O12/c1-5-9-13-17-21-25-29-49-75-59-41-33-55(34-42-59)67(71)79-63-53-65(81-69(73)57-37-45-61(46-38-57)77-51-31-27-23-19-15-11-7-3)66(82-70(74)58-39-47-62(48-40-58)78-52-32-28-24-20-16-12-8-4)54-64(63)80-68(72)56-35-43-60(44-36-56)76-50-30-26-22-18-14-10-6-2/h33-48,53-54H,5-32,49-52H2,1-4H3. The van der Waals surface area contributed by atoms with Crippen molar-refractivity contribution in [2.75, 3.05) is 26.4 Å². The van der Waals surface area contributed by atoms with Gasteiger partial charge in [-0.2, -0.15) is 0 Å². The smallest absolute Gasteiger partial charge is 0.343 e. The van der Waals surface area contributed by atoms with Crippen molar-refractivity contribution < 1.29 is 57.1 Å². The van der Waals surface area contributed by atoms with E-state index in [0.29, 0.717) is 49.4 Å². The van der Waals surface area contributed by atoms with Gasteiger partial charge in [0.15, 0.2) is 23.0 Å². The molecule has 0 aliphatic carbocycles. The van der Waals surface area contributed by atoms with E-state index in [2.05, 4.69) is 27.7 Å². The summed E-state index contributed by atoms with van der Waals surface area (Å²) in [5.41, 5.74) is 0.688. The second kappa shape index (κ2) is 40.4. The van der Waals surface area contributed by atoms with Crippen LogP contribution in [0.15, 0.2) is 109 Å². The summed E-state index contributed by atoms with van der Waals surface area (Å²) in [6.45, 7) is 11.0. The van der Waals surface area contributed by atoms with Crippen LogP contribution in [-0.2, 0) is 0 Å². The van der Waals surface area contributed by atoms with Crippen molar-refractivity contribution in [3.63, 3.8) is 0 Å². The van der Waals surface area contributed by atoms with Gasteiger partial charge >= 0.3 is 23.9 Å². The summed E-state index contributed by atoms with van der Waals surface area (Å²) in [6.07, 6.45) is 32.5. The van der Waals surface area contributed by atoms with Gasteiger partial charge in [0, 0.05) is 12.1 Å². The van der Waals surface area contributed by atoms with Crippen LogP contribution in [0.5, 0.6) is 46.0 Å². The van der Waals surface area contributed by atoms with Crippen molar-refractivity contribution in [3.8, 4) is 46.0 Å². The highest BCUT2D eigenvalue weighted by Gasteiger charge is 2.25. The van der Waals surface area contributed by atoms with Crippen LogP contribution in [-0.4, -0.2) is 50.3 Å². The summed E-state index contributed by atoms with van der Waals surface area (Å²) < 4.78 is 47.8. The van der Waals surface area contributed by atoms with Crippen LogP contribution in [0.4, 0.5) is 0 Å². The summed E-state index contributed by atoms with van der Waals surface area (Å²) in [5.74, 6) is -1.95. The Labute approximate surface area is 490 Å². The Morgan fingerprint density at radius 1 is 0.244 bits per heavy atom. The molecule has 0 atom stereocenters. The quantitative estimate of drug-likeness (QED) is 0.0208. The molecule has 0 aliphatic rings. The number of carbonyl (C=O) groups excluding carboxylic acids is 4. The first-order valence-corrected chi connectivity index (χ1v) is 31.2. The molecule has 446 valence electrons. The third-order valence-electron chi connectivity index (χ3n) is 14.2. The average molecular weight is 1130 g/mol. The number of hydrogen-bond acceptors (Lipinski definition) is 12. The molecule has 12 heteroatoms. The van der Waals surface area contributed by atoms with E-state index in [0.717, 1.165) is 51.4 Å². The van der Waals surface area contributed by atoms with Crippen molar-refractivity contribution in [1.29, 1.82) is 0 Å². The lowest BCUT2D eigenvalue weighted by atomic mass is 10.1. The number of carbonyl (C=O) groups is 4. The first-order chi connectivity index (χ1) is 40.2. The summed E-state index contributed by atoms with van der Waals surface area (Å²) in [6, 6.07) is 28.6. The van der Waals surface area contributed by atoms with Gasteiger partial charge in [-0.05, 0) is 123 Å². The Morgan fingerprint density at radius 3 is 0.598 bits per heavy atom. The Morgan fingerprint density at radius 2 is 0.415 bits per heavy atom. The molecular formula is C70H94O12. The van der Waals surface area contributed by atoms with Crippen molar-refractivity contribution in [2.45, 2.75) is 207 Å². The zero-order valence-electron chi connectivity index (χ0n) is 49.9. The highest BCUT2D eigenvalue weighted by atomic mass is 16.6. The predicted octanol–water partition coefficient (Wildman–Crippen LogP) is 19.1. The van der Waals surface area contributed by atoms with E-state index >= 15 is 0 Å². The molecule has 0 N–H and O–H groups in total. The Kier molecular flexibility index (Phi) is 32.5. The molecule has 12 nitrogen and oxygen atoms in total. The molecule has 0 heterocycles. The lowest BCUT2D eigenvalue weighted by Gasteiger charge is -2.16. The lowest BCUT2D eigenvalue weighted by Crippen LogP contribution is -2.16. The van der Waals surface area contributed by atoms with Gasteiger partial charge in [-0.1, -0.05) is 182 Å². The van der Waals surface area contributed by atoms with Crippen molar-refractivity contribution >= 4 is 23.9 Å². The molecule has 5 aromatic rings. The molecule has 0 aromatic heterocycles. The van der Waals surface area contributed by atoms with Crippen molar-refractivity contribution in [1.82, 2.24) is 0 Å².